The predicted molar refractivity (Wildman–Crippen MR) is 107 cm³/mol. The highest BCUT2D eigenvalue weighted by molar-refractivity contribution is 5.09. The zero-order chi connectivity index (χ0) is 17.9. The largest absolute Gasteiger partial charge is 0.393 e. The minimum atomic E-state index is -0.0196. The first-order valence-corrected chi connectivity index (χ1v) is 11.9. The summed E-state index contributed by atoms with van der Waals surface area (Å²) >= 11 is 0. The molecule has 0 aromatic rings. The fourth-order valence-corrected chi connectivity index (χ4v) is 8.82. The van der Waals surface area contributed by atoms with Crippen LogP contribution in [-0.4, -0.2) is 35.2 Å². The molecule has 3 unspecified atom stereocenters. The fraction of sp³-hybridized carbons (Fsp3) is 1.00. The summed E-state index contributed by atoms with van der Waals surface area (Å²) in [5, 5.41) is 10.6. The van der Waals surface area contributed by atoms with Crippen molar-refractivity contribution in [3.8, 4) is 0 Å². The van der Waals surface area contributed by atoms with E-state index in [0.717, 1.165) is 36.1 Å². The second kappa shape index (κ2) is 6.48. The van der Waals surface area contributed by atoms with Gasteiger partial charge >= 0.3 is 0 Å². The van der Waals surface area contributed by atoms with Gasteiger partial charge in [0.05, 0.1) is 6.10 Å². The molecular formula is C24H41NO. The van der Waals surface area contributed by atoms with Gasteiger partial charge < -0.3 is 10.0 Å². The average molecular weight is 360 g/mol. The molecule has 1 aliphatic heterocycles. The summed E-state index contributed by atoms with van der Waals surface area (Å²) in [5.74, 6) is 3.65. The van der Waals surface area contributed by atoms with Crippen molar-refractivity contribution in [2.75, 3.05) is 13.1 Å². The molecule has 5 fully saturated rings. The third kappa shape index (κ3) is 2.57. The Morgan fingerprint density at radius 3 is 2.31 bits per heavy atom. The van der Waals surface area contributed by atoms with Crippen LogP contribution in [0.1, 0.15) is 90.9 Å². The second-order valence-corrected chi connectivity index (χ2v) is 11.3. The Kier molecular flexibility index (Phi) is 4.48. The van der Waals surface area contributed by atoms with E-state index in [1.165, 1.54) is 83.7 Å². The van der Waals surface area contributed by atoms with Gasteiger partial charge in [-0.15, -0.1) is 0 Å². The van der Waals surface area contributed by atoms with Crippen molar-refractivity contribution < 1.29 is 5.11 Å². The second-order valence-electron chi connectivity index (χ2n) is 11.3. The van der Waals surface area contributed by atoms with Crippen LogP contribution in [0.15, 0.2) is 0 Å². The Bertz CT molecular complexity index is 528. The molecule has 0 aromatic carbocycles. The van der Waals surface area contributed by atoms with Crippen molar-refractivity contribution in [1.29, 1.82) is 0 Å². The van der Waals surface area contributed by atoms with E-state index in [1.54, 1.807) is 0 Å². The molecule has 4 saturated carbocycles. The van der Waals surface area contributed by atoms with Crippen molar-refractivity contribution in [2.45, 2.75) is 103 Å². The first kappa shape index (κ1) is 18.0. The summed E-state index contributed by atoms with van der Waals surface area (Å²) in [6.07, 6.45) is 16.7. The summed E-state index contributed by atoms with van der Waals surface area (Å²) in [4.78, 5) is 2.86. The maximum absolute atomic E-state index is 10.6. The number of nitrogens with zero attached hydrogens (tertiary/aromatic N) is 1. The molecule has 0 amide bonds. The van der Waals surface area contributed by atoms with Gasteiger partial charge in [-0.25, -0.2) is 0 Å². The van der Waals surface area contributed by atoms with Gasteiger partial charge in [0.2, 0.25) is 0 Å². The monoisotopic (exact) mass is 359 g/mol. The number of aliphatic hydroxyl groups is 1. The van der Waals surface area contributed by atoms with Gasteiger partial charge in [0.1, 0.15) is 0 Å². The molecule has 0 bridgehead atoms. The van der Waals surface area contributed by atoms with E-state index in [-0.39, 0.29) is 11.5 Å². The highest BCUT2D eigenvalue weighted by Gasteiger charge is 2.60. The molecule has 1 heterocycles. The smallest absolute Gasteiger partial charge is 0.0596 e. The van der Waals surface area contributed by atoms with E-state index in [9.17, 15) is 5.11 Å². The van der Waals surface area contributed by atoms with Gasteiger partial charge in [-0.1, -0.05) is 20.3 Å². The van der Waals surface area contributed by atoms with Crippen molar-refractivity contribution in [3.05, 3.63) is 0 Å². The van der Waals surface area contributed by atoms with E-state index < -0.39 is 0 Å². The molecule has 1 N–H and O–H groups in total. The van der Waals surface area contributed by atoms with Crippen molar-refractivity contribution in [3.63, 3.8) is 0 Å². The molecule has 5 rings (SSSR count). The molecule has 4 aliphatic carbocycles. The van der Waals surface area contributed by atoms with Gasteiger partial charge in [-0.2, -0.15) is 0 Å². The average Bonchev–Trinajstić information content (AvgIpc) is 2.97. The zero-order valence-electron chi connectivity index (χ0n) is 17.3. The van der Waals surface area contributed by atoms with E-state index in [2.05, 4.69) is 18.7 Å². The highest BCUT2D eigenvalue weighted by Crippen LogP contribution is 2.66. The molecule has 0 spiro atoms. The Morgan fingerprint density at radius 2 is 1.50 bits per heavy atom. The van der Waals surface area contributed by atoms with E-state index in [1.807, 2.05) is 0 Å². The van der Waals surface area contributed by atoms with Gasteiger partial charge in [-0.3, -0.25) is 0 Å². The summed E-state index contributed by atoms with van der Waals surface area (Å²) in [5.41, 5.74) is 0.847. The summed E-state index contributed by atoms with van der Waals surface area (Å²) in [6.45, 7) is 7.86. The van der Waals surface area contributed by atoms with Crippen LogP contribution in [0.2, 0.25) is 0 Å². The van der Waals surface area contributed by atoms with E-state index >= 15 is 0 Å². The fourth-order valence-electron chi connectivity index (χ4n) is 8.82. The van der Waals surface area contributed by atoms with Crippen LogP contribution < -0.4 is 0 Å². The van der Waals surface area contributed by atoms with Crippen LogP contribution in [0, 0.1) is 34.5 Å². The van der Waals surface area contributed by atoms with E-state index in [4.69, 9.17) is 0 Å². The quantitative estimate of drug-likeness (QED) is 0.691. The number of aliphatic hydroxyl groups excluding tert-OH is 1. The Hall–Kier alpha value is -0.0800. The van der Waals surface area contributed by atoms with Crippen LogP contribution >= 0.6 is 0 Å². The Labute approximate surface area is 161 Å². The van der Waals surface area contributed by atoms with Gasteiger partial charge in [0, 0.05) is 6.04 Å². The first-order valence-electron chi connectivity index (χ1n) is 11.9. The normalized spacial score (nSPS) is 55.0. The molecule has 2 nitrogen and oxygen atoms in total. The molecular weight excluding hydrogens is 318 g/mol. The van der Waals surface area contributed by atoms with Gasteiger partial charge in [0.25, 0.3) is 0 Å². The molecule has 0 radical (unpaired) electrons. The minimum absolute atomic E-state index is 0.0196. The SMILES string of the molecule is C[C@]12CCC(N3CCCCC3)CC1CC[C@@H]1[C@@H]2CC[C@]2(C)C(O)CC[C@@H]12. The van der Waals surface area contributed by atoms with Crippen LogP contribution in [0.5, 0.6) is 0 Å². The summed E-state index contributed by atoms with van der Waals surface area (Å²) in [6, 6.07) is 0.895. The third-order valence-corrected chi connectivity index (χ3v) is 10.5. The van der Waals surface area contributed by atoms with Gasteiger partial charge in [0.15, 0.2) is 0 Å². The lowest BCUT2D eigenvalue weighted by atomic mass is 9.45. The number of fused-ring (bicyclic) bond motifs is 5. The van der Waals surface area contributed by atoms with E-state index in [0.29, 0.717) is 5.41 Å². The van der Waals surface area contributed by atoms with Crippen molar-refractivity contribution >= 4 is 0 Å². The topological polar surface area (TPSA) is 23.5 Å². The zero-order valence-corrected chi connectivity index (χ0v) is 17.3. The summed E-state index contributed by atoms with van der Waals surface area (Å²) < 4.78 is 0. The van der Waals surface area contributed by atoms with Crippen LogP contribution in [-0.2, 0) is 0 Å². The van der Waals surface area contributed by atoms with Crippen LogP contribution in [0.25, 0.3) is 0 Å². The van der Waals surface area contributed by atoms with Crippen molar-refractivity contribution in [1.82, 2.24) is 4.90 Å². The number of rotatable bonds is 1. The molecule has 26 heavy (non-hydrogen) atoms. The van der Waals surface area contributed by atoms with Crippen molar-refractivity contribution in [2.24, 2.45) is 34.5 Å². The number of hydrogen-bond donors (Lipinski definition) is 1. The summed E-state index contributed by atoms with van der Waals surface area (Å²) in [7, 11) is 0. The number of hydrogen-bond acceptors (Lipinski definition) is 2. The lowest BCUT2D eigenvalue weighted by Gasteiger charge is -2.61. The third-order valence-electron chi connectivity index (χ3n) is 10.5. The number of piperidine rings is 1. The first-order chi connectivity index (χ1) is 12.5. The molecule has 148 valence electrons. The molecule has 8 atom stereocenters. The minimum Gasteiger partial charge on any atom is -0.393 e. The predicted octanol–water partition coefficient (Wildman–Crippen LogP) is 5.24. The maximum atomic E-state index is 10.6. The highest BCUT2D eigenvalue weighted by atomic mass is 16.3. The lowest BCUT2D eigenvalue weighted by molar-refractivity contribution is -0.129. The molecule has 2 heteroatoms. The van der Waals surface area contributed by atoms with Gasteiger partial charge in [-0.05, 0) is 118 Å². The number of likely N-dealkylation sites (tertiary alicyclic amines) is 1. The molecule has 1 saturated heterocycles. The maximum Gasteiger partial charge on any atom is 0.0596 e. The standard InChI is InChI=1S/C24H41NO/c1-23-12-10-18(25-14-4-3-5-15-25)16-17(23)6-7-19-20-8-9-22(26)24(20,2)13-11-21(19)23/h17-22,26H,3-16H2,1-2H3/t17?,18?,19-,20-,21-,22?,23-,24-/m0/s1. The molecule has 5 aliphatic rings. The Balaban J connectivity index is 1.33. The lowest BCUT2D eigenvalue weighted by Crippen LogP contribution is -2.56. The molecule has 0 aromatic heterocycles. The van der Waals surface area contributed by atoms with Crippen LogP contribution in [0.4, 0.5) is 0 Å². The Morgan fingerprint density at radius 1 is 0.769 bits per heavy atom. The van der Waals surface area contributed by atoms with Crippen LogP contribution in [0.3, 0.4) is 0 Å².